The van der Waals surface area contributed by atoms with E-state index in [-0.39, 0.29) is 0 Å². The van der Waals surface area contributed by atoms with Crippen LogP contribution >= 0.6 is 0 Å². The molecule has 0 nitrogen and oxygen atoms in total. The highest BCUT2D eigenvalue weighted by Gasteiger charge is 2.60. The molecule has 0 bridgehead atoms. The van der Waals surface area contributed by atoms with Gasteiger partial charge in [-0.05, 0) is 30.0 Å². The van der Waals surface area contributed by atoms with Gasteiger partial charge >= 0.3 is 0 Å². The summed E-state index contributed by atoms with van der Waals surface area (Å²) >= 11 is 0. The van der Waals surface area contributed by atoms with Gasteiger partial charge in [-0.3, -0.25) is 0 Å². The molecule has 0 aliphatic heterocycles. The fourth-order valence-corrected chi connectivity index (χ4v) is 3.56. The molecule has 92 valence electrons. The lowest BCUT2D eigenvalue weighted by Crippen LogP contribution is -2.54. The topological polar surface area (TPSA) is 0 Å². The van der Waals surface area contributed by atoms with Crippen LogP contribution in [0.5, 0.6) is 0 Å². The normalized spacial score (nSPS) is 29.5. The Hall–Kier alpha value is -1.63. The molecule has 2 aromatic rings. The zero-order chi connectivity index (χ0) is 12.8. The molecule has 0 saturated carbocycles. The van der Waals surface area contributed by atoms with E-state index < -0.39 is 11.1 Å². The van der Waals surface area contributed by atoms with Crippen molar-refractivity contribution in [3.05, 3.63) is 71.3 Å². The number of hydrogen-bond acceptors (Lipinski definition) is 0. The molecular weight excluding hydrogens is 223 g/mol. The van der Waals surface area contributed by atoms with E-state index in [1.807, 2.05) is 48.5 Å². The molecular formula is C17H17F. The Bertz CT molecular complexity index is 571. The van der Waals surface area contributed by atoms with Crippen LogP contribution in [-0.4, -0.2) is 0 Å². The summed E-state index contributed by atoms with van der Waals surface area (Å²) in [6.45, 7) is 3.78. The molecule has 0 radical (unpaired) electrons. The summed E-state index contributed by atoms with van der Waals surface area (Å²) < 4.78 is 15.2. The molecule has 1 heteroatoms. The molecule has 0 aromatic heterocycles. The van der Waals surface area contributed by atoms with E-state index in [1.165, 1.54) is 0 Å². The van der Waals surface area contributed by atoms with Gasteiger partial charge < -0.3 is 0 Å². The molecule has 1 aliphatic carbocycles. The van der Waals surface area contributed by atoms with Gasteiger partial charge in [0.2, 0.25) is 0 Å². The maximum atomic E-state index is 15.2. The average molecular weight is 240 g/mol. The second kappa shape index (κ2) is 3.68. The molecule has 0 heterocycles. The highest BCUT2D eigenvalue weighted by Crippen LogP contribution is 2.61. The molecule has 3 rings (SSSR count). The molecule has 1 aliphatic rings. The van der Waals surface area contributed by atoms with E-state index >= 15 is 4.39 Å². The van der Waals surface area contributed by atoms with Gasteiger partial charge in [0.15, 0.2) is 0 Å². The largest absolute Gasteiger partial charge is 0.238 e. The van der Waals surface area contributed by atoms with E-state index in [0.29, 0.717) is 0 Å². The summed E-state index contributed by atoms with van der Waals surface area (Å²) in [5, 5.41) is 0. The average Bonchev–Trinajstić information content (AvgIpc) is 2.41. The van der Waals surface area contributed by atoms with E-state index in [9.17, 15) is 0 Å². The van der Waals surface area contributed by atoms with Crippen LogP contribution in [0, 0.1) is 0 Å². The first-order valence-electron chi connectivity index (χ1n) is 6.49. The highest BCUT2D eigenvalue weighted by atomic mass is 19.1. The number of fused-ring (bicyclic) bond motifs is 1. The van der Waals surface area contributed by atoms with Gasteiger partial charge in [-0.2, -0.15) is 0 Å². The van der Waals surface area contributed by atoms with Gasteiger partial charge in [-0.1, -0.05) is 61.5 Å². The van der Waals surface area contributed by atoms with Gasteiger partial charge in [0.05, 0.1) is 5.41 Å². The summed E-state index contributed by atoms with van der Waals surface area (Å²) in [7, 11) is 0. The van der Waals surface area contributed by atoms with Crippen molar-refractivity contribution in [1.82, 2.24) is 0 Å². The van der Waals surface area contributed by atoms with E-state index in [1.54, 1.807) is 6.92 Å². The minimum atomic E-state index is -1.28. The molecule has 2 atom stereocenters. The summed E-state index contributed by atoms with van der Waals surface area (Å²) in [6, 6.07) is 17.9. The first-order chi connectivity index (χ1) is 8.64. The Labute approximate surface area is 107 Å². The third-order valence-electron chi connectivity index (χ3n) is 4.49. The standard InChI is InChI=1S/C17H17F/c1-3-17(13-9-5-4-6-10-13)15-12-8-7-11-14(15)16(17,2)18/h4-12H,3H2,1-2H3. The van der Waals surface area contributed by atoms with E-state index in [4.69, 9.17) is 0 Å². The van der Waals surface area contributed by atoms with Crippen molar-refractivity contribution in [2.75, 3.05) is 0 Å². The van der Waals surface area contributed by atoms with Crippen LogP contribution in [0.1, 0.15) is 37.0 Å². The van der Waals surface area contributed by atoms with Crippen molar-refractivity contribution in [2.45, 2.75) is 31.4 Å². The molecule has 2 aromatic carbocycles. The lowest BCUT2D eigenvalue weighted by atomic mass is 9.51. The molecule has 0 fully saturated rings. The maximum absolute atomic E-state index is 15.2. The van der Waals surface area contributed by atoms with Crippen LogP contribution in [0.3, 0.4) is 0 Å². The molecule has 0 saturated heterocycles. The summed E-state index contributed by atoms with van der Waals surface area (Å²) in [6.07, 6.45) is 0.779. The highest BCUT2D eigenvalue weighted by molar-refractivity contribution is 5.59. The lowest BCUT2D eigenvalue weighted by molar-refractivity contribution is 0.0488. The van der Waals surface area contributed by atoms with E-state index in [2.05, 4.69) is 13.0 Å². The monoisotopic (exact) mass is 240 g/mol. The smallest absolute Gasteiger partial charge is 0.147 e. The van der Waals surface area contributed by atoms with Crippen LogP contribution in [0.15, 0.2) is 54.6 Å². The van der Waals surface area contributed by atoms with Crippen molar-refractivity contribution in [3.8, 4) is 0 Å². The van der Waals surface area contributed by atoms with Crippen molar-refractivity contribution < 1.29 is 4.39 Å². The van der Waals surface area contributed by atoms with Crippen LogP contribution < -0.4 is 0 Å². The number of alkyl halides is 1. The number of halogens is 1. The minimum absolute atomic E-state index is 0.481. The number of rotatable bonds is 2. The van der Waals surface area contributed by atoms with Gasteiger partial charge in [0, 0.05) is 0 Å². The molecule has 2 unspecified atom stereocenters. The Morgan fingerprint density at radius 1 is 0.889 bits per heavy atom. The quantitative estimate of drug-likeness (QED) is 0.720. The Morgan fingerprint density at radius 3 is 2.06 bits per heavy atom. The predicted octanol–water partition coefficient (Wildman–Crippen LogP) is 4.58. The molecule has 0 N–H and O–H groups in total. The summed E-state index contributed by atoms with van der Waals surface area (Å²) in [4.78, 5) is 0. The number of benzene rings is 2. The zero-order valence-corrected chi connectivity index (χ0v) is 10.8. The van der Waals surface area contributed by atoms with Crippen LogP contribution in [0.25, 0.3) is 0 Å². The Kier molecular flexibility index (Phi) is 2.34. The SMILES string of the molecule is CCC1(c2ccccc2)c2ccccc2C1(C)F. The fourth-order valence-electron chi connectivity index (χ4n) is 3.56. The Balaban J connectivity index is 2.27. The van der Waals surface area contributed by atoms with Crippen molar-refractivity contribution in [2.24, 2.45) is 0 Å². The lowest BCUT2D eigenvalue weighted by Gasteiger charge is -2.54. The Morgan fingerprint density at radius 2 is 1.44 bits per heavy atom. The van der Waals surface area contributed by atoms with Gasteiger partial charge in [0.1, 0.15) is 5.67 Å². The third-order valence-corrected chi connectivity index (χ3v) is 4.49. The zero-order valence-electron chi connectivity index (χ0n) is 10.8. The molecule has 18 heavy (non-hydrogen) atoms. The predicted molar refractivity (Wildman–Crippen MR) is 72.4 cm³/mol. The van der Waals surface area contributed by atoms with Crippen LogP contribution in [0.2, 0.25) is 0 Å². The van der Waals surface area contributed by atoms with E-state index in [0.717, 1.165) is 23.1 Å². The summed E-state index contributed by atoms with van der Waals surface area (Å²) in [5.74, 6) is 0. The first-order valence-corrected chi connectivity index (χ1v) is 6.49. The second-order valence-corrected chi connectivity index (χ2v) is 5.17. The fraction of sp³-hybridized carbons (Fsp3) is 0.294. The van der Waals surface area contributed by atoms with Crippen LogP contribution in [0.4, 0.5) is 4.39 Å². The summed E-state index contributed by atoms with van der Waals surface area (Å²) in [5.41, 5.74) is 1.31. The number of hydrogen-bond donors (Lipinski definition) is 0. The van der Waals surface area contributed by atoms with Gasteiger partial charge in [0.25, 0.3) is 0 Å². The van der Waals surface area contributed by atoms with Gasteiger partial charge in [-0.25, -0.2) is 4.39 Å². The van der Waals surface area contributed by atoms with Crippen molar-refractivity contribution in [3.63, 3.8) is 0 Å². The third kappa shape index (κ3) is 1.14. The molecule has 0 spiro atoms. The van der Waals surface area contributed by atoms with Crippen LogP contribution in [-0.2, 0) is 11.1 Å². The minimum Gasteiger partial charge on any atom is -0.238 e. The maximum Gasteiger partial charge on any atom is 0.147 e. The second-order valence-electron chi connectivity index (χ2n) is 5.17. The molecule has 0 amide bonds. The van der Waals surface area contributed by atoms with Crippen molar-refractivity contribution >= 4 is 0 Å². The van der Waals surface area contributed by atoms with Crippen molar-refractivity contribution in [1.29, 1.82) is 0 Å². The van der Waals surface area contributed by atoms with Gasteiger partial charge in [-0.15, -0.1) is 0 Å². The first kappa shape index (κ1) is 11.5.